The van der Waals surface area contributed by atoms with Gasteiger partial charge in [0, 0.05) is 12.7 Å². The molecule has 31 heavy (non-hydrogen) atoms. The molecule has 1 amide bonds. The molecule has 0 saturated heterocycles. The Morgan fingerprint density at radius 2 is 1.90 bits per heavy atom. The maximum absolute atomic E-state index is 12.5. The summed E-state index contributed by atoms with van der Waals surface area (Å²) >= 11 is 1.40. The van der Waals surface area contributed by atoms with E-state index >= 15 is 0 Å². The molecule has 0 saturated carbocycles. The predicted octanol–water partition coefficient (Wildman–Crippen LogP) is 3.09. The molecular weight excluding hydrogens is 412 g/mol. The van der Waals surface area contributed by atoms with E-state index in [0.29, 0.717) is 33.5 Å². The lowest BCUT2D eigenvalue weighted by molar-refractivity contribution is -0.115. The SMILES string of the molecule is CCc1ccccc1NC(=O)Cc1nnc(SCc2nc3ccccc3c(=O)[nH]2)n1C. The number of fused-ring (bicyclic) bond motifs is 1. The lowest BCUT2D eigenvalue weighted by Crippen LogP contribution is -2.17. The van der Waals surface area contributed by atoms with E-state index in [1.165, 1.54) is 11.8 Å². The number of carbonyl (C=O) groups excluding carboxylic acids is 1. The molecule has 158 valence electrons. The zero-order valence-corrected chi connectivity index (χ0v) is 18.1. The third kappa shape index (κ3) is 4.66. The highest BCUT2D eigenvalue weighted by Gasteiger charge is 2.15. The Labute approximate surface area is 183 Å². The van der Waals surface area contributed by atoms with Gasteiger partial charge in [-0.25, -0.2) is 4.98 Å². The van der Waals surface area contributed by atoms with Crippen molar-refractivity contribution in [3.63, 3.8) is 0 Å². The Morgan fingerprint density at radius 1 is 1.13 bits per heavy atom. The number of aryl methyl sites for hydroxylation is 1. The van der Waals surface area contributed by atoms with E-state index in [1.807, 2.05) is 49.5 Å². The van der Waals surface area contributed by atoms with Crippen molar-refractivity contribution < 1.29 is 4.79 Å². The van der Waals surface area contributed by atoms with Crippen LogP contribution in [0.25, 0.3) is 10.9 Å². The van der Waals surface area contributed by atoms with Crippen LogP contribution in [0.5, 0.6) is 0 Å². The summed E-state index contributed by atoms with van der Waals surface area (Å²) in [5.41, 5.74) is 2.40. The van der Waals surface area contributed by atoms with Crippen molar-refractivity contribution in [2.75, 3.05) is 5.32 Å². The average Bonchev–Trinajstić information content (AvgIpc) is 3.12. The summed E-state index contributed by atoms with van der Waals surface area (Å²) in [5.74, 6) is 1.41. The molecule has 4 aromatic rings. The zero-order valence-electron chi connectivity index (χ0n) is 17.3. The van der Waals surface area contributed by atoms with Crippen molar-refractivity contribution >= 4 is 34.3 Å². The zero-order chi connectivity index (χ0) is 21.8. The average molecular weight is 435 g/mol. The smallest absolute Gasteiger partial charge is 0.258 e. The first-order valence-corrected chi connectivity index (χ1v) is 10.9. The van der Waals surface area contributed by atoms with Gasteiger partial charge in [-0.1, -0.05) is 49.0 Å². The lowest BCUT2D eigenvalue weighted by atomic mass is 10.1. The molecule has 4 rings (SSSR count). The highest BCUT2D eigenvalue weighted by Crippen LogP contribution is 2.21. The van der Waals surface area contributed by atoms with Crippen LogP contribution in [0.3, 0.4) is 0 Å². The number of rotatable bonds is 7. The quantitative estimate of drug-likeness (QED) is 0.433. The molecule has 9 heteroatoms. The monoisotopic (exact) mass is 434 g/mol. The van der Waals surface area contributed by atoms with Gasteiger partial charge in [-0.15, -0.1) is 10.2 Å². The van der Waals surface area contributed by atoms with Gasteiger partial charge >= 0.3 is 0 Å². The highest BCUT2D eigenvalue weighted by atomic mass is 32.2. The molecule has 0 bridgehead atoms. The number of carbonyl (C=O) groups is 1. The van der Waals surface area contributed by atoms with Crippen LogP contribution in [-0.4, -0.2) is 30.6 Å². The topological polar surface area (TPSA) is 106 Å². The van der Waals surface area contributed by atoms with Gasteiger partial charge in [0.05, 0.1) is 23.1 Å². The molecule has 0 fully saturated rings. The Kier molecular flexibility index (Phi) is 6.13. The molecule has 8 nitrogen and oxygen atoms in total. The molecule has 2 aromatic carbocycles. The van der Waals surface area contributed by atoms with Gasteiger partial charge < -0.3 is 14.9 Å². The van der Waals surface area contributed by atoms with Crippen LogP contribution in [0.15, 0.2) is 58.5 Å². The van der Waals surface area contributed by atoms with Gasteiger partial charge in [-0.2, -0.15) is 0 Å². The summed E-state index contributed by atoms with van der Waals surface area (Å²) in [6, 6.07) is 15.0. The minimum atomic E-state index is -0.163. The second kappa shape index (κ2) is 9.13. The molecule has 2 heterocycles. The fourth-order valence-corrected chi connectivity index (χ4v) is 4.05. The summed E-state index contributed by atoms with van der Waals surface area (Å²) in [5, 5.41) is 12.5. The molecule has 0 aliphatic heterocycles. The lowest BCUT2D eigenvalue weighted by Gasteiger charge is -2.09. The number of thioether (sulfide) groups is 1. The first-order chi connectivity index (χ1) is 15.0. The number of aromatic amines is 1. The number of benzene rings is 2. The van der Waals surface area contributed by atoms with Crippen LogP contribution >= 0.6 is 11.8 Å². The minimum Gasteiger partial charge on any atom is -0.325 e. The first-order valence-electron chi connectivity index (χ1n) is 9.92. The van der Waals surface area contributed by atoms with Crippen LogP contribution in [0.1, 0.15) is 24.1 Å². The van der Waals surface area contributed by atoms with Crippen molar-refractivity contribution in [2.45, 2.75) is 30.7 Å². The van der Waals surface area contributed by atoms with Crippen LogP contribution in [0.4, 0.5) is 5.69 Å². The summed E-state index contributed by atoms with van der Waals surface area (Å²) in [4.78, 5) is 32.0. The van der Waals surface area contributed by atoms with Crippen LogP contribution in [0.2, 0.25) is 0 Å². The molecule has 0 aliphatic rings. The Balaban J connectivity index is 1.42. The summed E-state index contributed by atoms with van der Waals surface area (Å²) in [6.45, 7) is 2.05. The number of amides is 1. The van der Waals surface area contributed by atoms with E-state index in [-0.39, 0.29) is 17.9 Å². The van der Waals surface area contributed by atoms with E-state index in [4.69, 9.17) is 0 Å². The second-order valence-corrected chi connectivity index (χ2v) is 7.95. The van der Waals surface area contributed by atoms with Gasteiger partial charge in [0.15, 0.2) is 5.16 Å². The van der Waals surface area contributed by atoms with E-state index in [0.717, 1.165) is 17.7 Å². The summed E-state index contributed by atoms with van der Waals surface area (Å²) < 4.78 is 1.79. The predicted molar refractivity (Wildman–Crippen MR) is 121 cm³/mol. The number of aromatic nitrogens is 5. The molecule has 2 N–H and O–H groups in total. The van der Waals surface area contributed by atoms with Crippen molar-refractivity contribution in [1.29, 1.82) is 0 Å². The largest absolute Gasteiger partial charge is 0.325 e. The Hall–Kier alpha value is -3.46. The number of hydrogen-bond donors (Lipinski definition) is 2. The molecule has 0 radical (unpaired) electrons. The maximum atomic E-state index is 12.5. The third-order valence-electron chi connectivity index (χ3n) is 4.92. The first kappa shape index (κ1) is 20.8. The third-order valence-corrected chi connectivity index (χ3v) is 5.95. The van der Waals surface area contributed by atoms with Crippen molar-refractivity contribution in [3.05, 3.63) is 76.1 Å². The van der Waals surface area contributed by atoms with Crippen LogP contribution in [0, 0.1) is 0 Å². The number of nitrogens with zero attached hydrogens (tertiary/aromatic N) is 4. The van der Waals surface area contributed by atoms with Gasteiger partial charge in [0.25, 0.3) is 5.56 Å². The van der Waals surface area contributed by atoms with E-state index in [9.17, 15) is 9.59 Å². The Morgan fingerprint density at radius 3 is 2.74 bits per heavy atom. The molecule has 0 spiro atoms. The van der Waals surface area contributed by atoms with Crippen LogP contribution < -0.4 is 10.9 Å². The van der Waals surface area contributed by atoms with Crippen molar-refractivity contribution in [1.82, 2.24) is 24.7 Å². The number of hydrogen-bond acceptors (Lipinski definition) is 6. The normalized spacial score (nSPS) is 11.0. The Bertz CT molecular complexity index is 1300. The molecular formula is C22H22N6O2S. The fraction of sp³-hybridized carbons (Fsp3) is 0.227. The van der Waals surface area contributed by atoms with E-state index < -0.39 is 0 Å². The van der Waals surface area contributed by atoms with Crippen molar-refractivity contribution in [2.24, 2.45) is 7.05 Å². The van der Waals surface area contributed by atoms with Crippen LogP contribution in [-0.2, 0) is 30.4 Å². The standard InChI is InChI=1S/C22H22N6O2S/c1-3-14-8-4-6-10-16(14)24-20(29)12-19-26-27-22(28(19)2)31-13-18-23-17-11-7-5-9-15(17)21(30)25-18/h4-11H,3,12-13H2,1-2H3,(H,24,29)(H,23,25,30). The molecule has 2 aromatic heterocycles. The van der Waals surface area contributed by atoms with E-state index in [1.54, 1.807) is 10.6 Å². The number of anilines is 1. The molecule has 0 atom stereocenters. The van der Waals surface area contributed by atoms with Gasteiger partial charge in [-0.05, 0) is 30.2 Å². The number of para-hydroxylation sites is 2. The highest BCUT2D eigenvalue weighted by molar-refractivity contribution is 7.98. The second-order valence-electron chi connectivity index (χ2n) is 7.01. The van der Waals surface area contributed by atoms with E-state index in [2.05, 4.69) is 32.4 Å². The van der Waals surface area contributed by atoms with Gasteiger partial charge in [-0.3, -0.25) is 9.59 Å². The van der Waals surface area contributed by atoms with Gasteiger partial charge in [0.2, 0.25) is 5.91 Å². The summed E-state index contributed by atoms with van der Waals surface area (Å²) in [6.07, 6.45) is 0.958. The molecule has 0 unspecified atom stereocenters. The van der Waals surface area contributed by atoms with Gasteiger partial charge in [0.1, 0.15) is 11.6 Å². The minimum absolute atomic E-state index is 0.118. The molecule has 0 aliphatic carbocycles. The summed E-state index contributed by atoms with van der Waals surface area (Å²) in [7, 11) is 1.82. The van der Waals surface area contributed by atoms with Crippen molar-refractivity contribution in [3.8, 4) is 0 Å². The number of H-pyrrole nitrogens is 1. The maximum Gasteiger partial charge on any atom is 0.258 e. The fourth-order valence-electron chi connectivity index (χ4n) is 3.25. The number of nitrogens with one attached hydrogen (secondary N) is 2.